The minimum Gasteiger partial charge on any atom is -0.481 e. The van der Waals surface area contributed by atoms with E-state index in [0.29, 0.717) is 13.0 Å². The van der Waals surface area contributed by atoms with Gasteiger partial charge in [-0.25, -0.2) is 0 Å². The summed E-state index contributed by atoms with van der Waals surface area (Å²) in [5.74, 6) is -0.981. The molecule has 0 radical (unpaired) electrons. The summed E-state index contributed by atoms with van der Waals surface area (Å²) >= 11 is 0. The molecule has 110 valence electrons. The lowest BCUT2D eigenvalue weighted by Crippen LogP contribution is -2.42. The molecule has 0 spiro atoms. The number of hydrogen-bond acceptors (Lipinski definition) is 3. The molecule has 3 N–H and O–H groups in total. The summed E-state index contributed by atoms with van der Waals surface area (Å²) in [6.45, 7) is 6.04. The molecule has 0 aromatic rings. The summed E-state index contributed by atoms with van der Waals surface area (Å²) in [5.41, 5.74) is -0.243. The Morgan fingerprint density at radius 2 is 2.21 bits per heavy atom. The van der Waals surface area contributed by atoms with Crippen LogP contribution in [0, 0.1) is 11.3 Å². The van der Waals surface area contributed by atoms with E-state index in [-0.39, 0.29) is 17.2 Å². The van der Waals surface area contributed by atoms with Gasteiger partial charge in [-0.2, -0.15) is 0 Å². The highest BCUT2D eigenvalue weighted by atomic mass is 16.4. The number of carboxylic acid groups (broad SMARTS) is 1. The zero-order valence-corrected chi connectivity index (χ0v) is 12.0. The van der Waals surface area contributed by atoms with E-state index in [1.807, 2.05) is 0 Å². The molecular formula is C14H26N2O3. The molecule has 5 heteroatoms. The van der Waals surface area contributed by atoms with Crippen LogP contribution in [0.25, 0.3) is 0 Å². The zero-order valence-electron chi connectivity index (χ0n) is 12.0. The zero-order chi connectivity index (χ0) is 14.3. The van der Waals surface area contributed by atoms with Crippen molar-refractivity contribution in [3.05, 3.63) is 0 Å². The molecule has 0 aromatic carbocycles. The quantitative estimate of drug-likeness (QED) is 0.582. The first-order chi connectivity index (χ1) is 9.02. The van der Waals surface area contributed by atoms with Crippen molar-refractivity contribution in [1.29, 1.82) is 0 Å². The molecule has 1 rings (SSSR count). The molecule has 5 nitrogen and oxygen atoms in total. The lowest BCUT2D eigenvalue weighted by atomic mass is 9.81. The van der Waals surface area contributed by atoms with E-state index >= 15 is 0 Å². The van der Waals surface area contributed by atoms with Gasteiger partial charge in [0.15, 0.2) is 0 Å². The summed E-state index contributed by atoms with van der Waals surface area (Å²) in [5, 5.41) is 15.0. The average Bonchev–Trinajstić information content (AvgIpc) is 2.84. The molecule has 2 atom stereocenters. The Hall–Kier alpha value is -1.10. The van der Waals surface area contributed by atoms with Gasteiger partial charge in [0.1, 0.15) is 0 Å². The first kappa shape index (κ1) is 16.0. The Bertz CT molecular complexity index is 312. The number of aliphatic carboxylic acids is 1. The summed E-state index contributed by atoms with van der Waals surface area (Å²) in [6.07, 6.45) is 4.14. The molecule has 19 heavy (non-hydrogen) atoms. The molecule has 0 aliphatic carbocycles. The molecule has 2 unspecified atom stereocenters. The lowest BCUT2D eigenvalue weighted by molar-refractivity contribution is -0.141. The predicted molar refractivity (Wildman–Crippen MR) is 73.9 cm³/mol. The number of carbonyl (C=O) groups is 2. The van der Waals surface area contributed by atoms with Crippen LogP contribution in [0.1, 0.15) is 46.0 Å². The predicted octanol–water partition coefficient (Wildman–Crippen LogP) is 1.38. The monoisotopic (exact) mass is 270 g/mol. The van der Waals surface area contributed by atoms with Gasteiger partial charge in [0.2, 0.25) is 5.91 Å². The Labute approximate surface area is 115 Å². The van der Waals surface area contributed by atoms with Gasteiger partial charge in [-0.3, -0.25) is 9.59 Å². The standard InChI is InChI=1S/C14H26N2O3/c1-3-6-14(7-9-15-10-14)13(19)16-8-4-5-11(2)12(17)18/h11,15H,3-10H2,1-2H3,(H,16,19)(H,17,18). The van der Waals surface area contributed by atoms with E-state index in [9.17, 15) is 9.59 Å². The second-order valence-corrected chi connectivity index (χ2v) is 5.59. The van der Waals surface area contributed by atoms with Gasteiger partial charge in [0, 0.05) is 13.1 Å². The maximum Gasteiger partial charge on any atom is 0.306 e. The molecule has 0 saturated carbocycles. The minimum absolute atomic E-state index is 0.127. The molecule has 1 aliphatic rings. The highest BCUT2D eigenvalue weighted by molar-refractivity contribution is 5.83. The van der Waals surface area contributed by atoms with Crippen LogP contribution >= 0.6 is 0 Å². The Kier molecular flexibility index (Phi) is 6.28. The van der Waals surface area contributed by atoms with Crippen LogP contribution in [-0.4, -0.2) is 36.6 Å². The summed E-state index contributed by atoms with van der Waals surface area (Å²) in [4.78, 5) is 22.9. The van der Waals surface area contributed by atoms with Gasteiger partial charge in [0.25, 0.3) is 0 Å². The third kappa shape index (κ3) is 4.49. The van der Waals surface area contributed by atoms with Crippen molar-refractivity contribution in [2.24, 2.45) is 11.3 Å². The molecule has 1 aliphatic heterocycles. The third-order valence-corrected chi connectivity index (χ3v) is 3.97. The third-order valence-electron chi connectivity index (χ3n) is 3.97. The van der Waals surface area contributed by atoms with Crippen molar-refractivity contribution in [2.45, 2.75) is 46.0 Å². The highest BCUT2D eigenvalue weighted by Gasteiger charge is 2.39. The Morgan fingerprint density at radius 3 is 2.74 bits per heavy atom. The number of carboxylic acids is 1. The normalized spacial score (nSPS) is 24.1. The maximum absolute atomic E-state index is 12.3. The van der Waals surface area contributed by atoms with Crippen molar-refractivity contribution in [3.8, 4) is 0 Å². The Balaban J connectivity index is 2.31. The van der Waals surface area contributed by atoms with Gasteiger partial charge < -0.3 is 15.7 Å². The maximum atomic E-state index is 12.3. The van der Waals surface area contributed by atoms with Gasteiger partial charge in [0.05, 0.1) is 11.3 Å². The fraction of sp³-hybridized carbons (Fsp3) is 0.857. The van der Waals surface area contributed by atoms with E-state index in [1.165, 1.54) is 0 Å². The summed E-state index contributed by atoms with van der Waals surface area (Å²) in [6, 6.07) is 0. The number of rotatable bonds is 8. The second-order valence-electron chi connectivity index (χ2n) is 5.59. The van der Waals surface area contributed by atoms with Crippen molar-refractivity contribution in [2.75, 3.05) is 19.6 Å². The second kappa shape index (κ2) is 7.48. The summed E-state index contributed by atoms with van der Waals surface area (Å²) in [7, 11) is 0. The van der Waals surface area contributed by atoms with Crippen LogP contribution in [0.3, 0.4) is 0 Å². The van der Waals surface area contributed by atoms with E-state index in [0.717, 1.165) is 38.8 Å². The SMILES string of the molecule is CCCC1(C(=O)NCCCC(C)C(=O)O)CCNC1. The molecule has 1 saturated heterocycles. The topological polar surface area (TPSA) is 78.4 Å². The fourth-order valence-electron chi connectivity index (χ4n) is 2.66. The van der Waals surface area contributed by atoms with E-state index < -0.39 is 5.97 Å². The first-order valence-electron chi connectivity index (χ1n) is 7.23. The van der Waals surface area contributed by atoms with E-state index in [2.05, 4.69) is 17.6 Å². The number of carbonyl (C=O) groups excluding carboxylic acids is 1. The van der Waals surface area contributed by atoms with Crippen LogP contribution in [0.5, 0.6) is 0 Å². The van der Waals surface area contributed by atoms with E-state index in [1.54, 1.807) is 6.92 Å². The molecule has 0 bridgehead atoms. The van der Waals surface area contributed by atoms with E-state index in [4.69, 9.17) is 5.11 Å². The smallest absolute Gasteiger partial charge is 0.306 e. The van der Waals surface area contributed by atoms with Crippen molar-refractivity contribution in [3.63, 3.8) is 0 Å². The van der Waals surface area contributed by atoms with Crippen molar-refractivity contribution < 1.29 is 14.7 Å². The molecule has 1 heterocycles. The lowest BCUT2D eigenvalue weighted by Gasteiger charge is -2.26. The molecule has 0 aromatic heterocycles. The molecule has 1 amide bonds. The summed E-state index contributed by atoms with van der Waals surface area (Å²) < 4.78 is 0. The van der Waals surface area contributed by atoms with Gasteiger partial charge in [-0.05, 0) is 32.2 Å². The first-order valence-corrected chi connectivity index (χ1v) is 7.23. The van der Waals surface area contributed by atoms with Crippen molar-refractivity contribution >= 4 is 11.9 Å². The number of nitrogens with one attached hydrogen (secondary N) is 2. The van der Waals surface area contributed by atoms with Crippen LogP contribution in [0.4, 0.5) is 0 Å². The number of hydrogen-bond donors (Lipinski definition) is 3. The Morgan fingerprint density at radius 1 is 1.47 bits per heavy atom. The molecular weight excluding hydrogens is 244 g/mol. The number of amides is 1. The van der Waals surface area contributed by atoms with Crippen LogP contribution in [0.2, 0.25) is 0 Å². The average molecular weight is 270 g/mol. The molecule has 1 fully saturated rings. The largest absolute Gasteiger partial charge is 0.481 e. The van der Waals surface area contributed by atoms with Gasteiger partial charge in [-0.1, -0.05) is 20.3 Å². The minimum atomic E-state index is -0.770. The van der Waals surface area contributed by atoms with Crippen LogP contribution < -0.4 is 10.6 Å². The van der Waals surface area contributed by atoms with Gasteiger partial charge in [-0.15, -0.1) is 0 Å². The van der Waals surface area contributed by atoms with Crippen molar-refractivity contribution in [1.82, 2.24) is 10.6 Å². The van der Waals surface area contributed by atoms with Crippen LogP contribution in [-0.2, 0) is 9.59 Å². The van der Waals surface area contributed by atoms with Crippen LogP contribution in [0.15, 0.2) is 0 Å². The fourth-order valence-corrected chi connectivity index (χ4v) is 2.66. The highest BCUT2D eigenvalue weighted by Crippen LogP contribution is 2.31. The van der Waals surface area contributed by atoms with Gasteiger partial charge >= 0.3 is 5.97 Å².